The van der Waals surface area contributed by atoms with Crippen LogP contribution in [0.2, 0.25) is 0 Å². The van der Waals surface area contributed by atoms with E-state index in [1.807, 2.05) is 25.1 Å². The molecule has 24 heavy (non-hydrogen) atoms. The molecule has 0 fully saturated rings. The SMILES string of the molecule is Cc1nc2ccc(CCNC(=O)c3ccc4c(c3)OCO4)cc2o1. The van der Waals surface area contributed by atoms with E-state index in [1.54, 1.807) is 18.2 Å². The fourth-order valence-corrected chi connectivity index (χ4v) is 2.70. The van der Waals surface area contributed by atoms with Gasteiger partial charge in [-0.05, 0) is 42.3 Å². The predicted molar refractivity (Wildman–Crippen MR) is 87.3 cm³/mol. The number of amides is 1. The molecular weight excluding hydrogens is 308 g/mol. The minimum absolute atomic E-state index is 0.134. The molecule has 0 saturated heterocycles. The topological polar surface area (TPSA) is 73.6 Å². The van der Waals surface area contributed by atoms with Gasteiger partial charge in [-0.25, -0.2) is 4.98 Å². The number of ether oxygens (including phenoxy) is 2. The molecule has 0 saturated carbocycles. The van der Waals surface area contributed by atoms with Crippen molar-refractivity contribution in [2.45, 2.75) is 13.3 Å². The molecule has 1 N–H and O–H groups in total. The van der Waals surface area contributed by atoms with Crippen LogP contribution in [0.15, 0.2) is 40.8 Å². The normalized spacial score (nSPS) is 12.5. The third kappa shape index (κ3) is 2.78. The van der Waals surface area contributed by atoms with E-state index in [0.29, 0.717) is 35.9 Å². The van der Waals surface area contributed by atoms with Gasteiger partial charge in [0.1, 0.15) is 5.52 Å². The molecule has 1 aliphatic heterocycles. The molecule has 2 aromatic carbocycles. The first kappa shape index (κ1) is 14.6. The van der Waals surface area contributed by atoms with Crippen molar-refractivity contribution in [3.05, 3.63) is 53.4 Å². The van der Waals surface area contributed by atoms with Crippen LogP contribution >= 0.6 is 0 Å². The van der Waals surface area contributed by atoms with Gasteiger partial charge in [0.05, 0.1) is 0 Å². The number of nitrogens with zero attached hydrogens (tertiary/aromatic N) is 1. The minimum Gasteiger partial charge on any atom is -0.454 e. The van der Waals surface area contributed by atoms with E-state index in [0.717, 1.165) is 16.7 Å². The molecule has 0 radical (unpaired) electrons. The quantitative estimate of drug-likeness (QED) is 0.799. The monoisotopic (exact) mass is 324 g/mol. The van der Waals surface area contributed by atoms with Crippen LogP contribution < -0.4 is 14.8 Å². The van der Waals surface area contributed by atoms with E-state index in [-0.39, 0.29) is 12.7 Å². The van der Waals surface area contributed by atoms with Gasteiger partial charge in [0.2, 0.25) is 6.79 Å². The molecule has 0 spiro atoms. The highest BCUT2D eigenvalue weighted by atomic mass is 16.7. The van der Waals surface area contributed by atoms with Gasteiger partial charge >= 0.3 is 0 Å². The van der Waals surface area contributed by atoms with Crippen LogP contribution in [0.25, 0.3) is 11.1 Å². The Labute approximate surface area is 138 Å². The summed E-state index contributed by atoms with van der Waals surface area (Å²) in [4.78, 5) is 16.5. The number of oxazole rings is 1. The van der Waals surface area contributed by atoms with E-state index in [1.165, 1.54) is 0 Å². The Morgan fingerprint density at radius 2 is 2.04 bits per heavy atom. The van der Waals surface area contributed by atoms with Crippen LogP contribution in [0.5, 0.6) is 11.5 Å². The van der Waals surface area contributed by atoms with Crippen molar-refractivity contribution >= 4 is 17.0 Å². The van der Waals surface area contributed by atoms with Gasteiger partial charge in [-0.15, -0.1) is 0 Å². The Morgan fingerprint density at radius 3 is 2.96 bits per heavy atom. The van der Waals surface area contributed by atoms with Gasteiger partial charge in [-0.3, -0.25) is 4.79 Å². The molecule has 1 aromatic heterocycles. The number of aryl methyl sites for hydroxylation is 1. The Bertz CT molecular complexity index is 917. The fourth-order valence-electron chi connectivity index (χ4n) is 2.70. The molecule has 122 valence electrons. The summed E-state index contributed by atoms with van der Waals surface area (Å²) in [5.41, 5.74) is 3.26. The zero-order chi connectivity index (χ0) is 16.5. The van der Waals surface area contributed by atoms with Crippen molar-refractivity contribution in [1.29, 1.82) is 0 Å². The Balaban J connectivity index is 1.38. The molecule has 4 rings (SSSR count). The maximum Gasteiger partial charge on any atom is 0.251 e. The van der Waals surface area contributed by atoms with Crippen LogP contribution in [0.4, 0.5) is 0 Å². The summed E-state index contributed by atoms with van der Waals surface area (Å²) in [5, 5.41) is 2.91. The lowest BCUT2D eigenvalue weighted by atomic mass is 10.1. The van der Waals surface area contributed by atoms with Crippen molar-refractivity contribution in [3.8, 4) is 11.5 Å². The maximum atomic E-state index is 12.2. The lowest BCUT2D eigenvalue weighted by Gasteiger charge is -2.06. The van der Waals surface area contributed by atoms with E-state index in [2.05, 4.69) is 10.3 Å². The van der Waals surface area contributed by atoms with Gasteiger partial charge in [0, 0.05) is 19.0 Å². The summed E-state index contributed by atoms with van der Waals surface area (Å²) in [5.74, 6) is 1.79. The fraction of sp³-hybridized carbons (Fsp3) is 0.222. The highest BCUT2D eigenvalue weighted by molar-refractivity contribution is 5.94. The lowest BCUT2D eigenvalue weighted by molar-refractivity contribution is 0.0953. The lowest BCUT2D eigenvalue weighted by Crippen LogP contribution is -2.25. The van der Waals surface area contributed by atoms with Crippen LogP contribution in [-0.4, -0.2) is 24.2 Å². The Morgan fingerprint density at radius 1 is 1.17 bits per heavy atom. The molecule has 6 nitrogen and oxygen atoms in total. The standard InChI is InChI=1S/C18H16N2O4/c1-11-20-14-4-2-12(8-16(14)24-11)6-7-19-18(21)13-3-5-15-17(9-13)23-10-22-15/h2-5,8-9H,6-7,10H2,1H3,(H,19,21). The van der Waals surface area contributed by atoms with Crippen molar-refractivity contribution in [2.75, 3.05) is 13.3 Å². The first-order valence-corrected chi connectivity index (χ1v) is 7.73. The third-order valence-corrected chi connectivity index (χ3v) is 3.89. The number of hydrogen-bond donors (Lipinski definition) is 1. The zero-order valence-electron chi connectivity index (χ0n) is 13.2. The highest BCUT2D eigenvalue weighted by Crippen LogP contribution is 2.32. The van der Waals surface area contributed by atoms with Gasteiger partial charge in [0.15, 0.2) is 23.0 Å². The summed E-state index contributed by atoms with van der Waals surface area (Å²) < 4.78 is 16.1. The number of hydrogen-bond acceptors (Lipinski definition) is 5. The van der Waals surface area contributed by atoms with Crippen molar-refractivity contribution in [3.63, 3.8) is 0 Å². The first-order chi connectivity index (χ1) is 11.7. The van der Waals surface area contributed by atoms with E-state index >= 15 is 0 Å². The van der Waals surface area contributed by atoms with E-state index < -0.39 is 0 Å². The van der Waals surface area contributed by atoms with Crippen molar-refractivity contribution < 1.29 is 18.7 Å². The van der Waals surface area contributed by atoms with Gasteiger partial charge in [0.25, 0.3) is 5.91 Å². The smallest absolute Gasteiger partial charge is 0.251 e. The highest BCUT2D eigenvalue weighted by Gasteiger charge is 2.16. The molecule has 2 heterocycles. The molecule has 0 bridgehead atoms. The second-order valence-electron chi connectivity index (χ2n) is 5.61. The number of carbonyl (C=O) groups excluding carboxylic acids is 1. The zero-order valence-corrected chi connectivity index (χ0v) is 13.2. The molecular formula is C18H16N2O4. The van der Waals surface area contributed by atoms with Gasteiger partial charge in [-0.2, -0.15) is 0 Å². The molecule has 0 aliphatic carbocycles. The Hall–Kier alpha value is -3.02. The summed E-state index contributed by atoms with van der Waals surface area (Å²) in [6, 6.07) is 11.1. The van der Waals surface area contributed by atoms with Gasteiger partial charge in [-0.1, -0.05) is 6.07 Å². The van der Waals surface area contributed by atoms with Crippen LogP contribution in [0.1, 0.15) is 21.8 Å². The molecule has 0 unspecified atom stereocenters. The third-order valence-electron chi connectivity index (χ3n) is 3.89. The van der Waals surface area contributed by atoms with E-state index in [9.17, 15) is 4.79 Å². The van der Waals surface area contributed by atoms with Crippen molar-refractivity contribution in [1.82, 2.24) is 10.3 Å². The minimum atomic E-state index is -0.134. The number of aromatic nitrogens is 1. The average Bonchev–Trinajstić information content (AvgIpc) is 3.18. The predicted octanol–water partition coefficient (Wildman–Crippen LogP) is 2.84. The second kappa shape index (κ2) is 5.88. The van der Waals surface area contributed by atoms with Crippen molar-refractivity contribution in [2.24, 2.45) is 0 Å². The summed E-state index contributed by atoms with van der Waals surface area (Å²) in [7, 11) is 0. The van der Waals surface area contributed by atoms with E-state index in [4.69, 9.17) is 13.9 Å². The number of nitrogens with one attached hydrogen (secondary N) is 1. The molecule has 3 aromatic rings. The average molecular weight is 324 g/mol. The second-order valence-corrected chi connectivity index (χ2v) is 5.61. The molecule has 1 amide bonds. The number of carbonyl (C=O) groups is 1. The van der Waals surface area contributed by atoms with Crippen LogP contribution in [0, 0.1) is 6.92 Å². The Kier molecular flexibility index (Phi) is 3.57. The summed E-state index contributed by atoms with van der Waals surface area (Å²) >= 11 is 0. The summed E-state index contributed by atoms with van der Waals surface area (Å²) in [6.45, 7) is 2.56. The number of fused-ring (bicyclic) bond motifs is 2. The number of rotatable bonds is 4. The van der Waals surface area contributed by atoms with Gasteiger partial charge < -0.3 is 19.2 Å². The molecule has 0 atom stereocenters. The maximum absolute atomic E-state index is 12.2. The molecule has 6 heteroatoms. The number of benzene rings is 2. The van der Waals surface area contributed by atoms with Crippen LogP contribution in [-0.2, 0) is 6.42 Å². The van der Waals surface area contributed by atoms with Crippen LogP contribution in [0.3, 0.4) is 0 Å². The largest absolute Gasteiger partial charge is 0.454 e. The summed E-state index contributed by atoms with van der Waals surface area (Å²) in [6.07, 6.45) is 0.714. The first-order valence-electron chi connectivity index (χ1n) is 7.73. The molecule has 1 aliphatic rings.